The number of carbonyl (C=O) groups excluding carboxylic acids is 1. The first-order valence-corrected chi connectivity index (χ1v) is 8.02. The maximum Gasteiger partial charge on any atom is 0.269 e. The van der Waals surface area contributed by atoms with Crippen molar-refractivity contribution in [3.63, 3.8) is 0 Å². The van der Waals surface area contributed by atoms with Crippen molar-refractivity contribution in [3.05, 3.63) is 33.4 Å². The van der Waals surface area contributed by atoms with Gasteiger partial charge >= 0.3 is 0 Å². The van der Waals surface area contributed by atoms with Crippen molar-refractivity contribution in [1.82, 2.24) is 9.36 Å². The lowest BCUT2D eigenvalue weighted by Crippen LogP contribution is -2.11. The molecule has 1 aromatic carbocycles. The average molecular weight is 369 g/mol. The Morgan fingerprint density at radius 1 is 1.45 bits per heavy atom. The van der Waals surface area contributed by atoms with Crippen molar-refractivity contribution in [2.24, 2.45) is 0 Å². The highest BCUT2D eigenvalue weighted by Crippen LogP contribution is 2.35. The van der Waals surface area contributed by atoms with Crippen LogP contribution in [0.1, 0.15) is 15.5 Å². The second-order valence-corrected chi connectivity index (χ2v) is 6.81. The van der Waals surface area contributed by atoms with E-state index in [1.54, 1.807) is 6.92 Å². The molecule has 0 unspecified atom stereocenters. The van der Waals surface area contributed by atoms with Gasteiger partial charge in [-0.15, -0.1) is 11.3 Å². The van der Waals surface area contributed by atoms with Gasteiger partial charge in [0.2, 0.25) is 5.13 Å². The van der Waals surface area contributed by atoms with Crippen LogP contribution in [0.5, 0.6) is 0 Å². The third kappa shape index (κ3) is 2.41. The summed E-state index contributed by atoms with van der Waals surface area (Å²) in [4.78, 5) is 16.8. The largest absolute Gasteiger partial charge is 0.397 e. The second-order valence-electron chi connectivity index (χ2n) is 4.09. The lowest BCUT2D eigenvalue weighted by atomic mass is 10.2. The molecule has 5 nitrogen and oxygen atoms in total. The number of nitrogens with one attached hydrogen (secondary N) is 1. The Morgan fingerprint density at radius 3 is 2.95 bits per heavy atom. The highest BCUT2D eigenvalue weighted by molar-refractivity contribution is 9.10. The van der Waals surface area contributed by atoms with Gasteiger partial charge in [0.25, 0.3) is 5.91 Å². The molecule has 0 aliphatic rings. The summed E-state index contributed by atoms with van der Waals surface area (Å²) in [6.07, 6.45) is 0. The molecule has 20 heavy (non-hydrogen) atoms. The Balaban J connectivity index is 1.97. The van der Waals surface area contributed by atoms with Gasteiger partial charge in [0.1, 0.15) is 10.7 Å². The van der Waals surface area contributed by atoms with Crippen LogP contribution < -0.4 is 11.1 Å². The number of anilines is 2. The number of halogens is 1. The standard InChI is InChI=1S/C12H9BrN4OS2/c1-5-15-12(20-17-5)16-11(18)10-9(14)7-3-2-6(13)4-8(7)19-10/h2-4H,14H2,1H3,(H,15,16,17,18). The number of aryl methyl sites for hydroxylation is 1. The molecule has 8 heteroatoms. The molecule has 102 valence electrons. The van der Waals surface area contributed by atoms with Gasteiger partial charge in [-0.25, -0.2) is 4.98 Å². The smallest absolute Gasteiger partial charge is 0.269 e. The van der Waals surface area contributed by atoms with Gasteiger partial charge in [-0.1, -0.05) is 22.0 Å². The summed E-state index contributed by atoms with van der Waals surface area (Å²) < 4.78 is 5.95. The molecule has 2 heterocycles. The Morgan fingerprint density at radius 2 is 2.25 bits per heavy atom. The number of rotatable bonds is 2. The number of amides is 1. The molecule has 3 N–H and O–H groups in total. The van der Waals surface area contributed by atoms with Gasteiger partial charge < -0.3 is 5.73 Å². The number of carbonyl (C=O) groups is 1. The predicted molar refractivity (Wildman–Crippen MR) is 86.5 cm³/mol. The van der Waals surface area contributed by atoms with Gasteiger partial charge in [-0.3, -0.25) is 10.1 Å². The molecule has 1 amide bonds. The summed E-state index contributed by atoms with van der Waals surface area (Å²) in [6, 6.07) is 5.75. The molecule has 0 saturated carbocycles. The molecule has 3 aromatic rings. The molecule has 0 spiro atoms. The molecule has 0 aliphatic heterocycles. The van der Waals surface area contributed by atoms with Crippen molar-refractivity contribution in [1.29, 1.82) is 0 Å². The van der Waals surface area contributed by atoms with Gasteiger partial charge in [-0.05, 0) is 19.1 Å². The lowest BCUT2D eigenvalue weighted by molar-refractivity contribution is 0.103. The van der Waals surface area contributed by atoms with Crippen LogP contribution in [0.4, 0.5) is 10.8 Å². The minimum absolute atomic E-state index is 0.254. The van der Waals surface area contributed by atoms with Crippen LogP contribution in [0.15, 0.2) is 22.7 Å². The summed E-state index contributed by atoms with van der Waals surface area (Å²) >= 11 is 5.92. The van der Waals surface area contributed by atoms with Crippen molar-refractivity contribution >= 4 is 65.6 Å². The van der Waals surface area contributed by atoms with E-state index >= 15 is 0 Å². The van der Waals surface area contributed by atoms with E-state index in [1.807, 2.05) is 18.2 Å². The molecule has 0 fully saturated rings. The third-order valence-electron chi connectivity index (χ3n) is 2.64. The molecular formula is C12H9BrN4OS2. The number of fused-ring (bicyclic) bond motifs is 1. The van der Waals surface area contributed by atoms with Gasteiger partial charge in [0.05, 0.1) is 5.69 Å². The molecule has 3 rings (SSSR count). The number of benzene rings is 1. The molecule has 2 aromatic heterocycles. The lowest BCUT2D eigenvalue weighted by Gasteiger charge is -1.99. The molecular weight excluding hydrogens is 360 g/mol. The Hall–Kier alpha value is -1.51. The monoisotopic (exact) mass is 368 g/mol. The Labute approximate surface area is 131 Å². The van der Waals surface area contributed by atoms with E-state index in [9.17, 15) is 4.79 Å². The van der Waals surface area contributed by atoms with E-state index in [4.69, 9.17) is 5.73 Å². The van der Waals surface area contributed by atoms with Gasteiger partial charge in [0.15, 0.2) is 0 Å². The zero-order valence-electron chi connectivity index (χ0n) is 10.3. The van der Waals surface area contributed by atoms with Crippen molar-refractivity contribution in [2.75, 3.05) is 11.1 Å². The van der Waals surface area contributed by atoms with E-state index < -0.39 is 0 Å². The third-order valence-corrected chi connectivity index (χ3v) is 5.03. The quantitative estimate of drug-likeness (QED) is 0.722. The number of hydrogen-bond donors (Lipinski definition) is 2. The summed E-state index contributed by atoms with van der Waals surface area (Å²) in [6.45, 7) is 1.78. The number of hydrogen-bond acceptors (Lipinski definition) is 6. The number of thiophene rings is 1. The number of nitrogens with zero attached hydrogens (tertiary/aromatic N) is 2. The van der Waals surface area contributed by atoms with Gasteiger partial charge in [-0.2, -0.15) is 4.37 Å². The highest BCUT2D eigenvalue weighted by atomic mass is 79.9. The molecule has 0 atom stereocenters. The highest BCUT2D eigenvalue weighted by Gasteiger charge is 2.17. The predicted octanol–water partition coefficient (Wildman–Crippen LogP) is 3.66. The van der Waals surface area contributed by atoms with Crippen LogP contribution in [0, 0.1) is 6.92 Å². The van der Waals surface area contributed by atoms with Crippen molar-refractivity contribution in [3.8, 4) is 0 Å². The zero-order chi connectivity index (χ0) is 14.3. The summed E-state index contributed by atoms with van der Waals surface area (Å²) in [7, 11) is 0. The average Bonchev–Trinajstić information content (AvgIpc) is 2.94. The normalized spacial score (nSPS) is 10.9. The molecule has 0 aliphatic carbocycles. The van der Waals surface area contributed by atoms with E-state index in [0.29, 0.717) is 21.5 Å². The number of aromatic nitrogens is 2. The maximum atomic E-state index is 12.2. The van der Waals surface area contributed by atoms with Crippen LogP contribution >= 0.6 is 38.8 Å². The molecule has 0 radical (unpaired) electrons. The van der Waals surface area contributed by atoms with E-state index in [0.717, 1.165) is 26.1 Å². The topological polar surface area (TPSA) is 80.9 Å². The fraction of sp³-hybridized carbons (Fsp3) is 0.0833. The first-order chi connectivity index (χ1) is 9.54. The minimum atomic E-state index is -0.254. The first-order valence-electron chi connectivity index (χ1n) is 5.64. The number of nitrogens with two attached hydrogens (primary N) is 1. The fourth-order valence-corrected chi connectivity index (χ4v) is 3.90. The fourth-order valence-electron chi connectivity index (χ4n) is 1.76. The summed E-state index contributed by atoms with van der Waals surface area (Å²) in [5.74, 6) is 0.384. The molecule has 0 bridgehead atoms. The Kier molecular flexibility index (Phi) is 3.45. The summed E-state index contributed by atoms with van der Waals surface area (Å²) in [5, 5.41) is 4.08. The van der Waals surface area contributed by atoms with Crippen LogP contribution in [0.3, 0.4) is 0 Å². The number of nitrogen functional groups attached to an aromatic ring is 1. The van der Waals surface area contributed by atoms with E-state index in [1.165, 1.54) is 11.3 Å². The summed E-state index contributed by atoms with van der Waals surface area (Å²) in [5.41, 5.74) is 6.55. The van der Waals surface area contributed by atoms with E-state index in [2.05, 4.69) is 30.6 Å². The minimum Gasteiger partial charge on any atom is -0.397 e. The van der Waals surface area contributed by atoms with Crippen molar-refractivity contribution in [2.45, 2.75) is 6.92 Å². The first kappa shape index (κ1) is 13.5. The van der Waals surface area contributed by atoms with Crippen LogP contribution in [0.25, 0.3) is 10.1 Å². The zero-order valence-corrected chi connectivity index (χ0v) is 13.5. The SMILES string of the molecule is Cc1nsc(NC(=O)c2sc3cc(Br)ccc3c2N)n1. The van der Waals surface area contributed by atoms with Crippen LogP contribution in [-0.4, -0.2) is 15.3 Å². The van der Waals surface area contributed by atoms with E-state index in [-0.39, 0.29) is 5.91 Å². The second kappa shape index (κ2) is 5.12. The Bertz CT molecular complexity index is 811. The van der Waals surface area contributed by atoms with Crippen molar-refractivity contribution < 1.29 is 4.79 Å². The van der Waals surface area contributed by atoms with Crippen LogP contribution in [-0.2, 0) is 0 Å². The van der Waals surface area contributed by atoms with Crippen LogP contribution in [0.2, 0.25) is 0 Å². The molecule has 0 saturated heterocycles. The van der Waals surface area contributed by atoms with Gasteiger partial charge in [0, 0.05) is 26.1 Å². The maximum absolute atomic E-state index is 12.2.